The second kappa shape index (κ2) is 9.92. The summed E-state index contributed by atoms with van der Waals surface area (Å²) in [4.78, 5) is 15.5. The summed E-state index contributed by atoms with van der Waals surface area (Å²) in [5.41, 5.74) is 2.43. The van der Waals surface area contributed by atoms with Gasteiger partial charge in [0.2, 0.25) is 5.78 Å². The fourth-order valence-electron chi connectivity index (χ4n) is 2.72. The van der Waals surface area contributed by atoms with Gasteiger partial charge in [-0.15, -0.1) is 23.7 Å². The molecule has 0 aliphatic rings. The van der Waals surface area contributed by atoms with Gasteiger partial charge in [-0.1, -0.05) is 32.0 Å². The molecule has 0 aliphatic carbocycles. The average molecular weight is 384 g/mol. The maximum atomic E-state index is 12.9. The Bertz CT molecular complexity index is 702. The van der Waals surface area contributed by atoms with Gasteiger partial charge in [0, 0.05) is 29.6 Å². The molecule has 0 bridgehead atoms. The number of thiophene rings is 1. The molecule has 0 spiro atoms. The molecule has 0 amide bonds. The van der Waals surface area contributed by atoms with E-state index < -0.39 is 0 Å². The number of nitrogens with zero attached hydrogens (tertiary/aromatic N) is 1. The molecule has 0 radical (unpaired) electrons. The van der Waals surface area contributed by atoms with Crippen molar-refractivity contribution in [3.8, 4) is 5.75 Å². The molecule has 1 heterocycles. The van der Waals surface area contributed by atoms with Crippen LogP contribution in [0.15, 0.2) is 29.6 Å². The first-order chi connectivity index (χ1) is 11.5. The van der Waals surface area contributed by atoms with Gasteiger partial charge in [0.15, 0.2) is 0 Å². The number of likely N-dealkylation sites (N-methyl/N-ethyl adjacent to an activating group) is 1. The average Bonchev–Trinajstić information content (AvgIpc) is 2.95. The quantitative estimate of drug-likeness (QED) is 0.675. The molecule has 0 fully saturated rings. The Morgan fingerprint density at radius 2 is 2.08 bits per heavy atom. The molecule has 1 aromatic heterocycles. The van der Waals surface area contributed by atoms with Crippen LogP contribution in [0.3, 0.4) is 0 Å². The summed E-state index contributed by atoms with van der Waals surface area (Å²) in [7, 11) is 1.93. The molecule has 2 aromatic rings. The Kier molecular flexibility index (Phi) is 8.59. The van der Waals surface area contributed by atoms with Crippen molar-refractivity contribution < 1.29 is 15.0 Å². The lowest BCUT2D eigenvalue weighted by Gasteiger charge is -2.15. The van der Waals surface area contributed by atoms with Gasteiger partial charge in [0.1, 0.15) is 5.75 Å². The van der Waals surface area contributed by atoms with Gasteiger partial charge in [-0.05, 0) is 31.0 Å². The zero-order valence-corrected chi connectivity index (χ0v) is 16.5. The number of aromatic hydroxyl groups is 1. The third-order valence-corrected chi connectivity index (χ3v) is 5.23. The van der Waals surface area contributed by atoms with Gasteiger partial charge in [-0.2, -0.15) is 0 Å². The lowest BCUT2D eigenvalue weighted by molar-refractivity contribution is 0.104. The molecule has 0 aliphatic heterocycles. The summed E-state index contributed by atoms with van der Waals surface area (Å²) in [6.45, 7) is 5.46. The van der Waals surface area contributed by atoms with Crippen LogP contribution >= 0.6 is 23.7 Å². The Morgan fingerprint density at radius 3 is 2.72 bits per heavy atom. The number of aliphatic hydroxyl groups excluding tert-OH is 1. The van der Waals surface area contributed by atoms with Gasteiger partial charge in [0.05, 0.1) is 11.5 Å². The molecular weight excluding hydrogens is 358 g/mol. The van der Waals surface area contributed by atoms with Crippen molar-refractivity contribution in [3.63, 3.8) is 0 Å². The Hall–Kier alpha value is -1.40. The Labute approximate surface area is 159 Å². The molecule has 0 saturated heterocycles. The summed E-state index contributed by atoms with van der Waals surface area (Å²) in [6, 6.07) is 7.57. The molecule has 2 rings (SSSR count). The normalized spacial score (nSPS) is 12.0. The molecule has 25 heavy (non-hydrogen) atoms. The topological polar surface area (TPSA) is 60.8 Å². The van der Waals surface area contributed by atoms with Crippen molar-refractivity contribution in [3.05, 3.63) is 51.2 Å². The molecule has 4 nitrogen and oxygen atoms in total. The summed E-state index contributed by atoms with van der Waals surface area (Å²) < 4.78 is 0. The number of aliphatic hydroxyl groups is 1. The maximum absolute atomic E-state index is 12.9. The minimum atomic E-state index is -0.0396. The van der Waals surface area contributed by atoms with Crippen LogP contribution in [0.25, 0.3) is 0 Å². The highest BCUT2D eigenvalue weighted by molar-refractivity contribution is 7.12. The Balaban J connectivity index is 0.00000312. The zero-order chi connectivity index (χ0) is 17.7. The molecular formula is C19H26ClNO3S. The SMILES string of the molecule is CCC(C)c1c(O)csc1C(=O)c1cccc(CN(C)CCO)c1.Cl. The van der Waals surface area contributed by atoms with Crippen LogP contribution in [0.1, 0.15) is 52.5 Å². The number of halogens is 1. The van der Waals surface area contributed by atoms with Crippen molar-refractivity contribution in [1.82, 2.24) is 4.90 Å². The summed E-state index contributed by atoms with van der Waals surface area (Å²) in [5.74, 6) is 0.327. The third-order valence-electron chi connectivity index (χ3n) is 4.24. The van der Waals surface area contributed by atoms with E-state index in [0.29, 0.717) is 23.5 Å². The number of hydrogen-bond acceptors (Lipinski definition) is 5. The van der Waals surface area contributed by atoms with E-state index in [0.717, 1.165) is 17.5 Å². The molecule has 0 saturated carbocycles. The van der Waals surface area contributed by atoms with Crippen molar-refractivity contribution in [2.24, 2.45) is 0 Å². The number of ketones is 1. The van der Waals surface area contributed by atoms with Crippen molar-refractivity contribution in [2.75, 3.05) is 20.2 Å². The number of benzene rings is 1. The number of hydrogen-bond donors (Lipinski definition) is 2. The van der Waals surface area contributed by atoms with Crippen LogP contribution in [-0.2, 0) is 6.54 Å². The smallest absolute Gasteiger partial charge is 0.203 e. The second-order valence-corrected chi connectivity index (χ2v) is 7.04. The second-order valence-electron chi connectivity index (χ2n) is 6.16. The van der Waals surface area contributed by atoms with E-state index in [1.54, 1.807) is 5.38 Å². The molecule has 1 unspecified atom stereocenters. The van der Waals surface area contributed by atoms with Crippen molar-refractivity contribution in [2.45, 2.75) is 32.7 Å². The molecule has 1 aromatic carbocycles. The number of carbonyl (C=O) groups is 1. The lowest BCUT2D eigenvalue weighted by Crippen LogP contribution is -2.21. The van der Waals surface area contributed by atoms with Crippen LogP contribution in [-0.4, -0.2) is 41.1 Å². The predicted molar refractivity (Wildman–Crippen MR) is 105 cm³/mol. The fourth-order valence-corrected chi connectivity index (χ4v) is 3.73. The first-order valence-corrected chi connectivity index (χ1v) is 9.09. The molecule has 6 heteroatoms. The van der Waals surface area contributed by atoms with Gasteiger partial charge in [-0.25, -0.2) is 0 Å². The summed E-state index contributed by atoms with van der Waals surface area (Å²) >= 11 is 1.31. The largest absolute Gasteiger partial charge is 0.507 e. The molecule has 138 valence electrons. The molecule has 1 atom stereocenters. The van der Waals surface area contributed by atoms with E-state index in [1.165, 1.54) is 11.3 Å². The first kappa shape index (κ1) is 21.6. The van der Waals surface area contributed by atoms with E-state index in [-0.39, 0.29) is 36.5 Å². The third kappa shape index (κ3) is 5.28. The summed E-state index contributed by atoms with van der Waals surface area (Å²) in [6.07, 6.45) is 0.872. The van der Waals surface area contributed by atoms with Crippen molar-refractivity contribution >= 4 is 29.5 Å². The minimum Gasteiger partial charge on any atom is -0.507 e. The van der Waals surface area contributed by atoms with Crippen LogP contribution in [0.2, 0.25) is 0 Å². The Morgan fingerprint density at radius 1 is 1.36 bits per heavy atom. The van der Waals surface area contributed by atoms with Gasteiger partial charge in [-0.3, -0.25) is 9.69 Å². The highest BCUT2D eigenvalue weighted by atomic mass is 35.5. The summed E-state index contributed by atoms with van der Waals surface area (Å²) in [5, 5.41) is 20.7. The monoisotopic (exact) mass is 383 g/mol. The van der Waals surface area contributed by atoms with Gasteiger partial charge in [0.25, 0.3) is 0 Å². The van der Waals surface area contributed by atoms with Gasteiger partial charge >= 0.3 is 0 Å². The molecule has 2 N–H and O–H groups in total. The van der Waals surface area contributed by atoms with Gasteiger partial charge < -0.3 is 10.2 Å². The standard InChI is InChI=1S/C19H25NO3S.ClH/c1-4-13(2)17-16(22)12-24-19(17)18(23)15-7-5-6-14(10-15)11-20(3)8-9-21;/h5-7,10,12-13,21-22H,4,8-9,11H2,1-3H3;1H. The highest BCUT2D eigenvalue weighted by Gasteiger charge is 2.22. The zero-order valence-electron chi connectivity index (χ0n) is 14.9. The van der Waals surface area contributed by atoms with Crippen LogP contribution in [0.4, 0.5) is 0 Å². The van der Waals surface area contributed by atoms with E-state index in [2.05, 4.69) is 0 Å². The van der Waals surface area contributed by atoms with Crippen LogP contribution in [0, 0.1) is 0 Å². The van der Waals surface area contributed by atoms with Crippen molar-refractivity contribution in [1.29, 1.82) is 0 Å². The van der Waals surface area contributed by atoms with E-state index in [1.807, 2.05) is 50.1 Å². The van der Waals surface area contributed by atoms with E-state index in [4.69, 9.17) is 5.11 Å². The van der Waals surface area contributed by atoms with Crippen LogP contribution < -0.4 is 0 Å². The van der Waals surface area contributed by atoms with Crippen LogP contribution in [0.5, 0.6) is 5.75 Å². The number of carbonyl (C=O) groups excluding carboxylic acids is 1. The van der Waals surface area contributed by atoms with E-state index in [9.17, 15) is 9.90 Å². The fraction of sp³-hybridized carbons (Fsp3) is 0.421. The first-order valence-electron chi connectivity index (χ1n) is 8.21. The lowest BCUT2D eigenvalue weighted by atomic mass is 9.95. The predicted octanol–water partition coefficient (Wildman–Crippen LogP) is 4.04. The van der Waals surface area contributed by atoms with E-state index >= 15 is 0 Å². The highest BCUT2D eigenvalue weighted by Crippen LogP contribution is 2.37. The number of rotatable bonds is 8. The minimum absolute atomic E-state index is 0. The maximum Gasteiger partial charge on any atom is 0.203 e.